The minimum atomic E-state index is -3.80. The van der Waals surface area contributed by atoms with Crippen LogP contribution in [0.15, 0.2) is 23.1 Å². The monoisotopic (exact) mass is 311 g/mol. The van der Waals surface area contributed by atoms with Crippen LogP contribution in [-0.2, 0) is 19.6 Å². The second-order valence-corrected chi connectivity index (χ2v) is 7.12. The summed E-state index contributed by atoms with van der Waals surface area (Å²) >= 11 is 0. The molecule has 2 rings (SSSR count). The molecule has 21 heavy (non-hydrogen) atoms. The average molecular weight is 311 g/mol. The Balaban J connectivity index is 1.99. The van der Waals surface area contributed by atoms with Crippen LogP contribution >= 0.6 is 0 Å². The van der Waals surface area contributed by atoms with Gasteiger partial charge in [-0.05, 0) is 50.3 Å². The van der Waals surface area contributed by atoms with Crippen LogP contribution in [0.5, 0.6) is 0 Å². The molecule has 1 aliphatic rings. The molecule has 1 heterocycles. The normalized spacial score (nSPS) is 18.7. The van der Waals surface area contributed by atoms with E-state index < -0.39 is 15.9 Å². The zero-order valence-electron chi connectivity index (χ0n) is 12.4. The highest BCUT2D eigenvalue weighted by atomic mass is 32.2. The van der Waals surface area contributed by atoms with Crippen molar-refractivity contribution in [1.82, 2.24) is 4.72 Å². The van der Waals surface area contributed by atoms with Gasteiger partial charge in [-0.15, -0.1) is 0 Å². The van der Waals surface area contributed by atoms with Crippen LogP contribution in [-0.4, -0.2) is 27.0 Å². The second-order valence-electron chi connectivity index (χ2n) is 5.47. The summed E-state index contributed by atoms with van der Waals surface area (Å²) in [5.41, 5.74) is 1.47. The summed E-state index contributed by atoms with van der Waals surface area (Å²) in [5.74, 6) is -0.480. The first kappa shape index (κ1) is 16.0. The van der Waals surface area contributed by atoms with E-state index in [9.17, 15) is 13.2 Å². The molecule has 0 aliphatic carbocycles. The number of ether oxygens (including phenoxy) is 1. The van der Waals surface area contributed by atoms with Crippen molar-refractivity contribution >= 4 is 15.9 Å². The SMILES string of the molecule is Cc1ccc(C)c(S(=O)(=O)NC(=O)CCC2CCCO2)c1. The number of benzene rings is 1. The summed E-state index contributed by atoms with van der Waals surface area (Å²) in [6, 6.07) is 5.15. The first-order chi connectivity index (χ1) is 9.88. The van der Waals surface area contributed by atoms with Gasteiger partial charge in [-0.25, -0.2) is 13.1 Å². The van der Waals surface area contributed by atoms with Crippen LogP contribution in [0.25, 0.3) is 0 Å². The fraction of sp³-hybridized carbons (Fsp3) is 0.533. The quantitative estimate of drug-likeness (QED) is 0.903. The summed E-state index contributed by atoms with van der Waals surface area (Å²) in [6.07, 6.45) is 2.76. The van der Waals surface area contributed by atoms with Gasteiger partial charge in [0.05, 0.1) is 11.0 Å². The van der Waals surface area contributed by atoms with Gasteiger partial charge < -0.3 is 4.74 Å². The molecule has 0 bridgehead atoms. The Morgan fingerprint density at radius 3 is 2.81 bits per heavy atom. The van der Waals surface area contributed by atoms with E-state index in [4.69, 9.17) is 4.74 Å². The molecule has 1 fully saturated rings. The van der Waals surface area contributed by atoms with E-state index in [0.29, 0.717) is 12.0 Å². The number of rotatable bonds is 5. The first-order valence-corrected chi connectivity index (χ1v) is 8.61. The van der Waals surface area contributed by atoms with Crippen LogP contribution in [0.2, 0.25) is 0 Å². The largest absolute Gasteiger partial charge is 0.378 e. The standard InChI is InChI=1S/C15H21NO4S/c1-11-5-6-12(2)14(10-11)21(18,19)16-15(17)8-7-13-4-3-9-20-13/h5-6,10,13H,3-4,7-9H2,1-2H3,(H,16,17). The zero-order chi connectivity index (χ0) is 15.5. The van der Waals surface area contributed by atoms with Crippen molar-refractivity contribution in [2.24, 2.45) is 0 Å². The van der Waals surface area contributed by atoms with Gasteiger partial charge in [-0.2, -0.15) is 0 Å². The molecular formula is C15H21NO4S. The van der Waals surface area contributed by atoms with Crippen molar-refractivity contribution in [3.63, 3.8) is 0 Å². The second kappa shape index (κ2) is 6.58. The van der Waals surface area contributed by atoms with Gasteiger partial charge >= 0.3 is 0 Å². The predicted molar refractivity (Wildman–Crippen MR) is 79.5 cm³/mol. The number of nitrogens with one attached hydrogen (secondary N) is 1. The summed E-state index contributed by atoms with van der Waals surface area (Å²) in [7, 11) is -3.80. The van der Waals surface area contributed by atoms with Crippen molar-refractivity contribution in [3.8, 4) is 0 Å². The number of sulfonamides is 1. The molecule has 1 N–H and O–H groups in total. The Morgan fingerprint density at radius 1 is 1.38 bits per heavy atom. The van der Waals surface area contributed by atoms with E-state index in [1.54, 1.807) is 19.1 Å². The molecule has 1 aromatic rings. The maximum atomic E-state index is 12.2. The maximum absolute atomic E-state index is 12.2. The molecule has 1 aliphatic heterocycles. The van der Waals surface area contributed by atoms with Gasteiger partial charge in [-0.3, -0.25) is 4.79 Å². The van der Waals surface area contributed by atoms with Gasteiger partial charge in [-0.1, -0.05) is 12.1 Å². The van der Waals surface area contributed by atoms with Crippen LogP contribution < -0.4 is 4.72 Å². The van der Waals surface area contributed by atoms with Gasteiger partial charge in [0.1, 0.15) is 0 Å². The molecule has 1 amide bonds. The molecule has 116 valence electrons. The number of aryl methyl sites for hydroxylation is 2. The smallest absolute Gasteiger partial charge is 0.264 e. The number of hydrogen-bond acceptors (Lipinski definition) is 4. The molecule has 1 atom stereocenters. The van der Waals surface area contributed by atoms with Crippen LogP contribution in [0.4, 0.5) is 0 Å². The third-order valence-corrected chi connectivity index (χ3v) is 5.11. The van der Waals surface area contributed by atoms with E-state index >= 15 is 0 Å². The maximum Gasteiger partial charge on any atom is 0.264 e. The van der Waals surface area contributed by atoms with Crippen molar-refractivity contribution in [3.05, 3.63) is 29.3 Å². The molecule has 0 spiro atoms. The van der Waals surface area contributed by atoms with Crippen molar-refractivity contribution in [2.75, 3.05) is 6.61 Å². The summed E-state index contributed by atoms with van der Waals surface area (Å²) in [4.78, 5) is 12.0. The lowest BCUT2D eigenvalue weighted by Gasteiger charge is -2.11. The predicted octanol–water partition coefficient (Wildman–Crippen LogP) is 2.07. The Morgan fingerprint density at radius 2 is 2.14 bits per heavy atom. The highest BCUT2D eigenvalue weighted by molar-refractivity contribution is 7.90. The summed E-state index contributed by atoms with van der Waals surface area (Å²) in [6.45, 7) is 4.26. The van der Waals surface area contributed by atoms with Crippen molar-refractivity contribution in [1.29, 1.82) is 0 Å². The highest BCUT2D eigenvalue weighted by Gasteiger charge is 2.22. The minimum Gasteiger partial charge on any atom is -0.378 e. The van der Waals surface area contributed by atoms with E-state index in [0.717, 1.165) is 25.0 Å². The minimum absolute atomic E-state index is 0.0826. The van der Waals surface area contributed by atoms with Crippen molar-refractivity contribution < 1.29 is 17.9 Å². The third kappa shape index (κ3) is 4.28. The lowest BCUT2D eigenvalue weighted by Crippen LogP contribution is -2.31. The van der Waals surface area contributed by atoms with Gasteiger partial charge in [0.25, 0.3) is 10.0 Å². The third-order valence-electron chi connectivity index (χ3n) is 3.60. The molecular weight excluding hydrogens is 290 g/mol. The molecule has 0 aromatic heterocycles. The molecule has 5 nitrogen and oxygen atoms in total. The molecule has 0 radical (unpaired) electrons. The van der Waals surface area contributed by atoms with Crippen LogP contribution in [0.1, 0.15) is 36.8 Å². The fourth-order valence-corrected chi connectivity index (χ4v) is 3.76. The summed E-state index contributed by atoms with van der Waals surface area (Å²) < 4.78 is 32.1. The van der Waals surface area contributed by atoms with E-state index in [-0.39, 0.29) is 17.4 Å². The van der Waals surface area contributed by atoms with Gasteiger partial charge in [0.2, 0.25) is 5.91 Å². The Bertz CT molecular complexity index is 619. The Hall–Kier alpha value is -1.40. The lowest BCUT2D eigenvalue weighted by atomic mass is 10.1. The average Bonchev–Trinajstić information content (AvgIpc) is 2.92. The van der Waals surface area contributed by atoms with E-state index in [2.05, 4.69) is 4.72 Å². The van der Waals surface area contributed by atoms with Gasteiger partial charge in [0.15, 0.2) is 0 Å². The Labute approximate surface area is 125 Å². The number of hydrogen-bond donors (Lipinski definition) is 1. The first-order valence-electron chi connectivity index (χ1n) is 7.13. The number of carbonyl (C=O) groups is 1. The van der Waals surface area contributed by atoms with E-state index in [1.807, 2.05) is 13.0 Å². The topological polar surface area (TPSA) is 72.5 Å². The number of amides is 1. The molecule has 6 heteroatoms. The highest BCUT2D eigenvalue weighted by Crippen LogP contribution is 2.18. The van der Waals surface area contributed by atoms with Gasteiger partial charge in [0, 0.05) is 13.0 Å². The molecule has 1 unspecified atom stereocenters. The lowest BCUT2D eigenvalue weighted by molar-refractivity contribution is -0.119. The zero-order valence-corrected chi connectivity index (χ0v) is 13.2. The fourth-order valence-electron chi connectivity index (χ4n) is 2.42. The van der Waals surface area contributed by atoms with Crippen LogP contribution in [0, 0.1) is 13.8 Å². The van der Waals surface area contributed by atoms with Crippen LogP contribution in [0.3, 0.4) is 0 Å². The molecule has 0 saturated carbocycles. The number of carbonyl (C=O) groups excluding carboxylic acids is 1. The Kier molecular flexibility index (Phi) is 5.00. The molecule has 1 saturated heterocycles. The van der Waals surface area contributed by atoms with E-state index in [1.165, 1.54) is 0 Å². The van der Waals surface area contributed by atoms with Crippen molar-refractivity contribution in [2.45, 2.75) is 50.5 Å². The molecule has 1 aromatic carbocycles. The summed E-state index contributed by atoms with van der Waals surface area (Å²) in [5, 5.41) is 0.